The van der Waals surface area contributed by atoms with E-state index < -0.39 is 64.4 Å². The number of halogens is 9. The van der Waals surface area contributed by atoms with Crippen molar-refractivity contribution in [2.45, 2.75) is 25.6 Å². The summed E-state index contributed by atoms with van der Waals surface area (Å²) < 4.78 is 101. The van der Waals surface area contributed by atoms with Gasteiger partial charge in [0.05, 0.1) is 34.3 Å². The van der Waals surface area contributed by atoms with Crippen molar-refractivity contribution < 1.29 is 40.3 Å². The zero-order valence-electron chi connectivity index (χ0n) is 21.3. The minimum atomic E-state index is -4.78. The fourth-order valence-electron chi connectivity index (χ4n) is 4.54. The number of anilines is 2. The van der Waals surface area contributed by atoms with Crippen LogP contribution in [0.15, 0.2) is 42.7 Å². The zero-order valence-corrected chi connectivity index (χ0v) is 22.9. The number of hydrogen-bond donors (Lipinski definition) is 2. The fraction of sp³-hybridized carbons (Fsp3) is 0.308. The third kappa shape index (κ3) is 7.92. The fourth-order valence-corrected chi connectivity index (χ4v) is 4.54. The molecule has 0 radical (unpaired) electrons. The smallest absolute Gasteiger partial charge is 0.422 e. The first-order valence-electron chi connectivity index (χ1n) is 11.8. The average molecular weight is 629 g/mol. The number of aromatic nitrogens is 1. The van der Waals surface area contributed by atoms with Crippen LogP contribution in [0.4, 0.5) is 42.1 Å². The number of hydrogen-bond acceptors (Lipinski definition) is 5. The second-order valence-electron chi connectivity index (χ2n) is 9.30. The minimum absolute atomic E-state index is 0. The standard InChI is InChI=1S/C26H23F7N4O2.2ClH/c1-13-6-14(34)11-37(10-13)21-4-5-35-9-20(21)36-25(38)16-2-3-17(27)23(24(16)30)22-18(28)7-15(8-19(22)29)39-12-26(31,32)33;;/h2-5,7-9,13-14H,6,10-12,34H2,1H3,(H,36,38);2*1H/t13-,14+;;/m1../s1. The summed E-state index contributed by atoms with van der Waals surface area (Å²) in [5, 5.41) is 2.50. The maximum atomic E-state index is 15.4. The number of nitrogens with two attached hydrogens (primary N) is 1. The number of alkyl halides is 3. The van der Waals surface area contributed by atoms with Crippen molar-refractivity contribution in [3.63, 3.8) is 0 Å². The van der Waals surface area contributed by atoms with Gasteiger partial charge < -0.3 is 20.7 Å². The van der Waals surface area contributed by atoms with E-state index in [9.17, 15) is 31.1 Å². The lowest BCUT2D eigenvalue weighted by Crippen LogP contribution is -2.46. The predicted molar refractivity (Wildman–Crippen MR) is 144 cm³/mol. The van der Waals surface area contributed by atoms with Crippen LogP contribution >= 0.6 is 24.8 Å². The average Bonchev–Trinajstić information content (AvgIpc) is 2.83. The Hall–Kier alpha value is -3.29. The Balaban J connectivity index is 0.00000294. The second kappa shape index (κ2) is 13.6. The van der Waals surface area contributed by atoms with E-state index in [0.717, 1.165) is 12.5 Å². The molecule has 1 aromatic heterocycles. The van der Waals surface area contributed by atoms with Gasteiger partial charge in [0.25, 0.3) is 5.91 Å². The molecule has 3 N–H and O–H groups in total. The third-order valence-electron chi connectivity index (χ3n) is 6.08. The normalized spacial score (nSPS) is 16.9. The topological polar surface area (TPSA) is 80.5 Å². The summed E-state index contributed by atoms with van der Waals surface area (Å²) in [5.74, 6) is -7.78. The van der Waals surface area contributed by atoms with Crippen molar-refractivity contribution in [3.05, 3.63) is 71.6 Å². The van der Waals surface area contributed by atoms with Crippen molar-refractivity contribution in [1.82, 2.24) is 4.98 Å². The lowest BCUT2D eigenvalue weighted by atomic mass is 9.96. The highest BCUT2D eigenvalue weighted by molar-refractivity contribution is 6.06. The Labute approximate surface area is 242 Å². The molecule has 0 aliphatic carbocycles. The van der Waals surface area contributed by atoms with Gasteiger partial charge in [-0.3, -0.25) is 9.78 Å². The summed E-state index contributed by atoms with van der Waals surface area (Å²) in [4.78, 5) is 19.0. The molecule has 0 bridgehead atoms. The molecule has 1 saturated heterocycles. The van der Waals surface area contributed by atoms with Crippen LogP contribution in [0.1, 0.15) is 23.7 Å². The van der Waals surface area contributed by atoms with Gasteiger partial charge >= 0.3 is 6.18 Å². The van der Waals surface area contributed by atoms with Crippen LogP contribution in [0, 0.1) is 29.2 Å². The molecule has 1 amide bonds. The lowest BCUT2D eigenvalue weighted by Gasteiger charge is -2.37. The number of ether oxygens (including phenoxy) is 1. The number of pyridine rings is 1. The number of amides is 1. The first-order valence-corrected chi connectivity index (χ1v) is 11.8. The Morgan fingerprint density at radius 1 is 1.05 bits per heavy atom. The van der Waals surface area contributed by atoms with Crippen molar-refractivity contribution in [3.8, 4) is 16.9 Å². The van der Waals surface area contributed by atoms with Crippen LogP contribution in [0.2, 0.25) is 0 Å². The molecular formula is C26H25Cl2F7N4O2. The van der Waals surface area contributed by atoms with E-state index in [4.69, 9.17) is 5.73 Å². The molecule has 2 heterocycles. The molecule has 4 rings (SSSR count). The first kappa shape index (κ1) is 33.9. The van der Waals surface area contributed by atoms with Crippen molar-refractivity contribution >= 4 is 42.1 Å². The zero-order chi connectivity index (χ0) is 28.5. The van der Waals surface area contributed by atoms with E-state index in [0.29, 0.717) is 37.0 Å². The summed E-state index contributed by atoms with van der Waals surface area (Å²) in [6, 6.07) is 3.70. The van der Waals surface area contributed by atoms with Crippen molar-refractivity contribution in [2.24, 2.45) is 11.7 Å². The largest absolute Gasteiger partial charge is 0.484 e. The van der Waals surface area contributed by atoms with Crippen LogP contribution in [0.5, 0.6) is 5.75 Å². The molecule has 0 saturated carbocycles. The molecule has 2 atom stereocenters. The first-order chi connectivity index (χ1) is 18.3. The molecular weight excluding hydrogens is 604 g/mol. The molecule has 224 valence electrons. The summed E-state index contributed by atoms with van der Waals surface area (Å²) in [6.45, 7) is 1.32. The van der Waals surface area contributed by atoms with Gasteiger partial charge in [-0.15, -0.1) is 24.8 Å². The maximum absolute atomic E-state index is 15.4. The van der Waals surface area contributed by atoms with Gasteiger partial charge in [-0.05, 0) is 30.5 Å². The van der Waals surface area contributed by atoms with Crippen LogP contribution in [-0.2, 0) is 0 Å². The Morgan fingerprint density at radius 3 is 2.32 bits per heavy atom. The van der Waals surface area contributed by atoms with E-state index in [1.165, 1.54) is 12.4 Å². The van der Waals surface area contributed by atoms with E-state index in [1.807, 2.05) is 11.8 Å². The van der Waals surface area contributed by atoms with Gasteiger partial charge in [-0.1, -0.05) is 6.92 Å². The monoisotopic (exact) mass is 628 g/mol. The van der Waals surface area contributed by atoms with Crippen LogP contribution < -0.4 is 20.7 Å². The van der Waals surface area contributed by atoms with Gasteiger partial charge in [0.15, 0.2) is 6.61 Å². The molecule has 1 aliphatic rings. The molecule has 0 unspecified atom stereocenters. The summed E-state index contributed by atoms with van der Waals surface area (Å²) in [7, 11) is 0. The molecule has 15 heteroatoms. The number of carbonyl (C=O) groups excluding carboxylic acids is 1. The quantitative estimate of drug-likeness (QED) is 0.304. The molecule has 1 fully saturated rings. The number of nitrogens with zero attached hydrogens (tertiary/aromatic N) is 2. The van der Waals surface area contributed by atoms with Gasteiger partial charge in [0, 0.05) is 37.5 Å². The Bertz CT molecular complexity index is 1360. The molecule has 1 aliphatic heterocycles. The number of rotatable bonds is 6. The highest BCUT2D eigenvalue weighted by Crippen LogP contribution is 2.36. The number of carbonyl (C=O) groups is 1. The molecule has 3 aromatic rings. The van der Waals surface area contributed by atoms with Crippen molar-refractivity contribution in [1.29, 1.82) is 0 Å². The highest BCUT2D eigenvalue weighted by atomic mass is 35.5. The summed E-state index contributed by atoms with van der Waals surface area (Å²) in [5.41, 5.74) is 3.74. The lowest BCUT2D eigenvalue weighted by molar-refractivity contribution is -0.153. The van der Waals surface area contributed by atoms with Crippen LogP contribution in [-0.4, -0.2) is 42.8 Å². The van der Waals surface area contributed by atoms with Crippen LogP contribution in [0.25, 0.3) is 11.1 Å². The Morgan fingerprint density at radius 2 is 1.71 bits per heavy atom. The molecule has 6 nitrogen and oxygen atoms in total. The van der Waals surface area contributed by atoms with Gasteiger partial charge in [-0.25, -0.2) is 17.6 Å². The molecule has 0 spiro atoms. The number of piperidine rings is 1. The molecule has 41 heavy (non-hydrogen) atoms. The predicted octanol–water partition coefficient (Wildman–Crippen LogP) is 6.52. The summed E-state index contributed by atoms with van der Waals surface area (Å²) in [6.07, 6.45) is -1.13. The van der Waals surface area contributed by atoms with E-state index in [-0.39, 0.29) is 42.5 Å². The maximum Gasteiger partial charge on any atom is 0.422 e. The second-order valence-corrected chi connectivity index (χ2v) is 9.30. The van der Waals surface area contributed by atoms with Gasteiger partial charge in [-0.2, -0.15) is 13.2 Å². The SMILES string of the molecule is C[C@@H]1C[C@H](N)CN(c2ccncc2NC(=O)c2ccc(F)c(-c3c(F)cc(OCC(F)(F)F)cc3F)c2F)C1.Cl.Cl. The Kier molecular flexibility index (Phi) is 11.2. The van der Waals surface area contributed by atoms with E-state index >= 15 is 4.39 Å². The third-order valence-corrected chi connectivity index (χ3v) is 6.08. The molecule has 2 aromatic carbocycles. The van der Waals surface area contributed by atoms with E-state index in [2.05, 4.69) is 15.0 Å². The minimum Gasteiger partial charge on any atom is -0.484 e. The summed E-state index contributed by atoms with van der Waals surface area (Å²) >= 11 is 0. The van der Waals surface area contributed by atoms with Gasteiger partial charge in [0.2, 0.25) is 0 Å². The van der Waals surface area contributed by atoms with E-state index in [1.54, 1.807) is 6.07 Å². The van der Waals surface area contributed by atoms with Crippen LogP contribution in [0.3, 0.4) is 0 Å². The highest BCUT2D eigenvalue weighted by Gasteiger charge is 2.30. The number of benzene rings is 2. The number of nitrogens with one attached hydrogen (secondary N) is 1. The van der Waals surface area contributed by atoms with Gasteiger partial charge in [0.1, 0.15) is 29.0 Å². The van der Waals surface area contributed by atoms with Crippen molar-refractivity contribution in [2.75, 3.05) is 29.9 Å².